The zero-order valence-electron chi connectivity index (χ0n) is 10.8. The molecule has 2 atom stereocenters. The van der Waals surface area contributed by atoms with Crippen molar-refractivity contribution in [1.29, 1.82) is 0 Å². The fourth-order valence-electron chi connectivity index (χ4n) is 2.41. The number of nitro groups is 1. The molecule has 1 aliphatic carbocycles. The first-order chi connectivity index (χ1) is 9.18. The van der Waals surface area contributed by atoms with Gasteiger partial charge in [0.2, 0.25) is 0 Å². The molecule has 5 heteroatoms. The summed E-state index contributed by atoms with van der Waals surface area (Å²) in [5.41, 5.74) is 0.193. The van der Waals surface area contributed by atoms with Gasteiger partial charge in [0.15, 0.2) is 0 Å². The van der Waals surface area contributed by atoms with E-state index >= 15 is 0 Å². The molecule has 19 heavy (non-hydrogen) atoms. The quantitative estimate of drug-likeness (QED) is 0.447. The van der Waals surface area contributed by atoms with Crippen molar-refractivity contribution in [3.8, 4) is 0 Å². The van der Waals surface area contributed by atoms with Gasteiger partial charge >= 0.3 is 0 Å². The number of alkyl halides is 1. The number of rotatable bonds is 3. The number of nitro benzene ring substituents is 1. The Morgan fingerprint density at radius 2 is 1.84 bits per heavy atom. The average Bonchev–Trinajstić information content (AvgIpc) is 2.39. The van der Waals surface area contributed by atoms with Crippen LogP contribution in [0.3, 0.4) is 0 Å². The van der Waals surface area contributed by atoms with Crippen LogP contribution in [0.2, 0.25) is 0 Å². The lowest BCUT2D eigenvalue weighted by molar-refractivity contribution is -0.387. The average molecular weight is 300 g/mol. The molecule has 104 valence electrons. The molecule has 0 heterocycles. The van der Waals surface area contributed by atoms with Gasteiger partial charge in [0.25, 0.3) is 5.69 Å². The van der Waals surface area contributed by atoms with Crippen molar-refractivity contribution in [2.45, 2.75) is 54.0 Å². The van der Waals surface area contributed by atoms with E-state index in [1.54, 1.807) is 23.9 Å². The Bertz CT molecular complexity index is 441. The highest BCUT2D eigenvalue weighted by Gasteiger charge is 2.24. The minimum absolute atomic E-state index is 0.116. The van der Waals surface area contributed by atoms with Gasteiger partial charge in [-0.1, -0.05) is 37.8 Å². The molecule has 0 unspecified atom stereocenters. The second-order valence-corrected chi connectivity index (χ2v) is 6.73. The van der Waals surface area contributed by atoms with E-state index in [1.807, 2.05) is 12.1 Å². The van der Waals surface area contributed by atoms with Gasteiger partial charge in [0, 0.05) is 16.7 Å². The van der Waals surface area contributed by atoms with Crippen molar-refractivity contribution in [2.24, 2.45) is 0 Å². The summed E-state index contributed by atoms with van der Waals surface area (Å²) in [5.74, 6) is 0. The molecule has 0 spiro atoms. The SMILES string of the molecule is O=[N+]([O-])c1ccccc1S[C@@H]1CCCCCC[C@H]1Cl. The van der Waals surface area contributed by atoms with E-state index in [0.29, 0.717) is 0 Å². The molecule has 0 aliphatic heterocycles. The Morgan fingerprint density at radius 3 is 2.58 bits per heavy atom. The number of benzene rings is 1. The second kappa shape index (κ2) is 7.15. The van der Waals surface area contributed by atoms with Gasteiger partial charge in [-0.2, -0.15) is 0 Å². The first kappa shape index (κ1) is 14.7. The van der Waals surface area contributed by atoms with Gasteiger partial charge in [0.05, 0.1) is 9.82 Å². The highest BCUT2D eigenvalue weighted by molar-refractivity contribution is 8.00. The molecule has 1 aliphatic rings. The molecule has 0 saturated heterocycles. The molecule has 0 aromatic heterocycles. The smallest absolute Gasteiger partial charge is 0.258 e. The Labute approximate surface area is 122 Å². The highest BCUT2D eigenvalue weighted by Crippen LogP contribution is 2.38. The Morgan fingerprint density at radius 1 is 1.16 bits per heavy atom. The number of para-hydroxylation sites is 1. The molecule has 0 bridgehead atoms. The number of nitrogens with zero attached hydrogens (tertiary/aromatic N) is 1. The monoisotopic (exact) mass is 299 g/mol. The summed E-state index contributed by atoms with van der Waals surface area (Å²) in [5, 5.41) is 11.4. The number of hydrogen-bond donors (Lipinski definition) is 0. The first-order valence-corrected chi connectivity index (χ1v) is 8.04. The summed E-state index contributed by atoms with van der Waals surface area (Å²) in [6.07, 6.45) is 6.90. The van der Waals surface area contributed by atoms with E-state index in [0.717, 1.165) is 17.7 Å². The van der Waals surface area contributed by atoms with E-state index in [2.05, 4.69) is 0 Å². The molecule has 1 fully saturated rings. The Hall–Kier alpha value is -0.740. The third-order valence-electron chi connectivity index (χ3n) is 3.46. The zero-order valence-corrected chi connectivity index (χ0v) is 12.3. The van der Waals surface area contributed by atoms with Crippen LogP contribution in [-0.2, 0) is 0 Å². The lowest BCUT2D eigenvalue weighted by Crippen LogP contribution is -2.19. The molecule has 0 radical (unpaired) electrons. The van der Waals surface area contributed by atoms with Crippen LogP contribution in [-0.4, -0.2) is 15.6 Å². The summed E-state index contributed by atoms with van der Waals surface area (Å²) >= 11 is 8.03. The summed E-state index contributed by atoms with van der Waals surface area (Å²) in [6, 6.07) is 6.94. The van der Waals surface area contributed by atoms with E-state index in [4.69, 9.17) is 11.6 Å². The third kappa shape index (κ3) is 4.11. The minimum Gasteiger partial charge on any atom is -0.258 e. The van der Waals surface area contributed by atoms with Crippen molar-refractivity contribution in [2.75, 3.05) is 0 Å². The predicted molar refractivity (Wildman–Crippen MR) is 80.1 cm³/mol. The van der Waals surface area contributed by atoms with Gasteiger partial charge < -0.3 is 0 Å². The van der Waals surface area contributed by atoms with E-state index in [9.17, 15) is 10.1 Å². The van der Waals surface area contributed by atoms with Crippen LogP contribution in [0, 0.1) is 10.1 Å². The Kier molecular flexibility index (Phi) is 5.52. The van der Waals surface area contributed by atoms with Crippen LogP contribution in [0.25, 0.3) is 0 Å². The molecule has 3 nitrogen and oxygen atoms in total. The molecule has 1 saturated carbocycles. The van der Waals surface area contributed by atoms with E-state index in [1.165, 1.54) is 25.7 Å². The van der Waals surface area contributed by atoms with Crippen LogP contribution in [0.1, 0.15) is 38.5 Å². The van der Waals surface area contributed by atoms with E-state index < -0.39 is 0 Å². The van der Waals surface area contributed by atoms with E-state index in [-0.39, 0.29) is 21.2 Å². The maximum Gasteiger partial charge on any atom is 0.282 e. The predicted octanol–water partition coefficient (Wildman–Crippen LogP) is 5.02. The van der Waals surface area contributed by atoms with Gasteiger partial charge in [-0.15, -0.1) is 23.4 Å². The topological polar surface area (TPSA) is 43.1 Å². The number of hydrogen-bond acceptors (Lipinski definition) is 3. The summed E-state index contributed by atoms with van der Waals surface area (Å²) in [7, 11) is 0. The maximum absolute atomic E-state index is 11.0. The summed E-state index contributed by atoms with van der Waals surface area (Å²) in [6.45, 7) is 0. The summed E-state index contributed by atoms with van der Waals surface area (Å²) in [4.78, 5) is 11.5. The lowest BCUT2D eigenvalue weighted by atomic mass is 10.0. The third-order valence-corrected chi connectivity index (χ3v) is 5.60. The fourth-order valence-corrected chi connectivity index (χ4v) is 4.16. The molecular weight excluding hydrogens is 282 g/mol. The molecule has 0 amide bonds. The molecule has 0 N–H and O–H groups in total. The van der Waals surface area contributed by atoms with Crippen LogP contribution in [0.15, 0.2) is 29.2 Å². The van der Waals surface area contributed by atoms with Crippen LogP contribution in [0.4, 0.5) is 5.69 Å². The van der Waals surface area contributed by atoms with Gasteiger partial charge in [-0.3, -0.25) is 10.1 Å². The minimum atomic E-state index is -0.311. The Balaban J connectivity index is 2.12. The number of thioether (sulfide) groups is 1. The van der Waals surface area contributed by atoms with Crippen LogP contribution >= 0.6 is 23.4 Å². The van der Waals surface area contributed by atoms with Gasteiger partial charge in [-0.25, -0.2) is 0 Å². The van der Waals surface area contributed by atoms with Crippen molar-refractivity contribution in [1.82, 2.24) is 0 Å². The summed E-state index contributed by atoms with van der Waals surface area (Å²) < 4.78 is 0. The fraction of sp³-hybridized carbons (Fsp3) is 0.571. The van der Waals surface area contributed by atoms with Crippen LogP contribution in [0.5, 0.6) is 0 Å². The van der Waals surface area contributed by atoms with Gasteiger partial charge in [-0.05, 0) is 18.9 Å². The maximum atomic E-state index is 11.0. The molecular formula is C14H18ClNO2S. The number of halogens is 1. The van der Waals surface area contributed by atoms with Crippen molar-refractivity contribution >= 4 is 29.1 Å². The standard InChI is InChI=1S/C14H18ClNO2S/c15-11-7-3-1-2-4-9-13(11)19-14-10-6-5-8-12(14)16(17)18/h5-6,8,10-11,13H,1-4,7,9H2/t11-,13-/m1/s1. The largest absolute Gasteiger partial charge is 0.282 e. The molecule has 2 rings (SSSR count). The first-order valence-electron chi connectivity index (χ1n) is 6.72. The van der Waals surface area contributed by atoms with Gasteiger partial charge in [0.1, 0.15) is 0 Å². The zero-order chi connectivity index (χ0) is 13.7. The lowest BCUT2D eigenvalue weighted by Gasteiger charge is -2.24. The molecule has 1 aromatic rings. The van der Waals surface area contributed by atoms with Crippen molar-refractivity contribution in [3.05, 3.63) is 34.4 Å². The van der Waals surface area contributed by atoms with Crippen LogP contribution < -0.4 is 0 Å². The second-order valence-electron chi connectivity index (χ2n) is 4.89. The highest BCUT2D eigenvalue weighted by atomic mass is 35.5. The molecule has 1 aromatic carbocycles. The van der Waals surface area contributed by atoms with Crippen molar-refractivity contribution < 1.29 is 4.92 Å². The normalized spacial score (nSPS) is 24.5. The van der Waals surface area contributed by atoms with Crippen molar-refractivity contribution in [3.63, 3.8) is 0 Å².